The molecule has 0 saturated heterocycles. The molecule has 1 aliphatic carbocycles. The zero-order valence-corrected chi connectivity index (χ0v) is 9.08. The van der Waals surface area contributed by atoms with Crippen LogP contribution in [0, 0.1) is 10.1 Å². The minimum absolute atomic E-state index is 0.327. The van der Waals surface area contributed by atoms with Gasteiger partial charge >= 0.3 is 0 Å². The highest BCUT2D eigenvalue weighted by molar-refractivity contribution is 14.1. The fourth-order valence-corrected chi connectivity index (χ4v) is 2.06. The van der Waals surface area contributed by atoms with Crippen LogP contribution < -0.4 is 5.73 Å². The van der Waals surface area contributed by atoms with Gasteiger partial charge in [0.2, 0.25) is 6.04 Å². The molecule has 0 radical (unpaired) electrons. The largest absolute Gasteiger partial charge is 0.322 e. The molecule has 2 N–H and O–H groups in total. The van der Waals surface area contributed by atoms with Crippen LogP contribution in [0.25, 0.3) is 0 Å². The molecule has 0 aromatic rings. The maximum absolute atomic E-state index is 10.5. The zero-order valence-electron chi connectivity index (χ0n) is 6.17. The molecule has 0 saturated carbocycles. The summed E-state index contributed by atoms with van der Waals surface area (Å²) in [5.74, 6) is 0. The van der Waals surface area contributed by atoms with E-state index in [1.165, 1.54) is 0 Å². The summed E-state index contributed by atoms with van der Waals surface area (Å²) >= 11 is 7.83. The second-order valence-corrected chi connectivity index (χ2v) is 4.49. The second kappa shape index (κ2) is 3.89. The predicted octanol–water partition coefficient (Wildman–Crippen LogP) is 1.64. The fourth-order valence-electron chi connectivity index (χ4n) is 1.13. The summed E-state index contributed by atoms with van der Waals surface area (Å²) in [6.07, 6.45) is 0.791. The molecular weight excluding hydrogens is 294 g/mol. The molecule has 1 unspecified atom stereocenters. The van der Waals surface area contributed by atoms with E-state index < -0.39 is 12.1 Å². The molecule has 0 bridgehead atoms. The molecule has 0 aliphatic heterocycles. The molecule has 0 aromatic carbocycles. The molecular formula is C6H8ClIN2O2. The van der Waals surface area contributed by atoms with Crippen LogP contribution in [0.4, 0.5) is 0 Å². The van der Waals surface area contributed by atoms with Gasteiger partial charge in [-0.15, -0.1) is 0 Å². The topological polar surface area (TPSA) is 69.2 Å². The van der Waals surface area contributed by atoms with Crippen molar-refractivity contribution >= 4 is 34.2 Å². The van der Waals surface area contributed by atoms with Gasteiger partial charge in [0.15, 0.2) is 0 Å². The Hall–Kier alpha value is 0.120. The van der Waals surface area contributed by atoms with Crippen LogP contribution in [0.5, 0.6) is 0 Å². The van der Waals surface area contributed by atoms with Crippen molar-refractivity contribution in [3.8, 4) is 0 Å². The summed E-state index contributed by atoms with van der Waals surface area (Å²) < 4.78 is 0.859. The Labute approximate surface area is 88.4 Å². The number of halogens is 2. The number of hydrogen-bond donors (Lipinski definition) is 1. The molecule has 0 aromatic heterocycles. The van der Waals surface area contributed by atoms with E-state index >= 15 is 0 Å². The van der Waals surface area contributed by atoms with Crippen molar-refractivity contribution in [3.05, 3.63) is 18.7 Å². The third kappa shape index (κ3) is 2.08. The summed E-state index contributed by atoms with van der Waals surface area (Å²) in [6, 6.07) is -1.11. The van der Waals surface area contributed by atoms with Crippen molar-refractivity contribution in [3.63, 3.8) is 0 Å². The van der Waals surface area contributed by atoms with E-state index in [0.29, 0.717) is 17.9 Å². The Morgan fingerprint density at radius 2 is 2.25 bits per heavy atom. The Bertz CT molecular complexity index is 244. The molecule has 6 heteroatoms. The van der Waals surface area contributed by atoms with Crippen molar-refractivity contribution in [1.29, 1.82) is 0 Å². The highest BCUT2D eigenvalue weighted by Crippen LogP contribution is 2.32. The van der Waals surface area contributed by atoms with E-state index in [9.17, 15) is 10.1 Å². The van der Waals surface area contributed by atoms with E-state index in [0.717, 1.165) is 3.58 Å². The molecule has 0 fully saturated rings. The van der Waals surface area contributed by atoms with Crippen molar-refractivity contribution in [1.82, 2.24) is 0 Å². The summed E-state index contributed by atoms with van der Waals surface area (Å²) in [6.45, 7) is 0. The SMILES string of the molecule is N[C@H]1CC(Cl)=C(I)CC1[N+](=O)[O-]. The van der Waals surface area contributed by atoms with Crippen molar-refractivity contribution < 1.29 is 4.92 Å². The van der Waals surface area contributed by atoms with Gasteiger partial charge in [0.25, 0.3) is 0 Å². The lowest BCUT2D eigenvalue weighted by molar-refractivity contribution is -0.525. The molecule has 2 atom stereocenters. The monoisotopic (exact) mass is 302 g/mol. The van der Waals surface area contributed by atoms with Crippen LogP contribution in [0.15, 0.2) is 8.61 Å². The van der Waals surface area contributed by atoms with E-state index in [4.69, 9.17) is 17.3 Å². The van der Waals surface area contributed by atoms with Gasteiger partial charge < -0.3 is 5.73 Å². The number of nitro groups is 1. The Morgan fingerprint density at radius 1 is 1.67 bits per heavy atom. The van der Waals surface area contributed by atoms with Gasteiger partial charge in [-0.1, -0.05) is 11.6 Å². The van der Waals surface area contributed by atoms with Gasteiger partial charge in [-0.05, 0) is 22.6 Å². The first-order valence-corrected chi connectivity index (χ1v) is 4.90. The first-order chi connectivity index (χ1) is 5.52. The maximum atomic E-state index is 10.5. The number of rotatable bonds is 1. The van der Waals surface area contributed by atoms with Crippen LogP contribution in [-0.2, 0) is 0 Å². The Morgan fingerprint density at radius 3 is 2.75 bits per heavy atom. The van der Waals surface area contributed by atoms with Crippen LogP contribution >= 0.6 is 34.2 Å². The number of nitrogens with zero attached hydrogens (tertiary/aromatic N) is 1. The smallest absolute Gasteiger partial charge is 0.232 e. The number of hydrogen-bond acceptors (Lipinski definition) is 3. The lowest BCUT2D eigenvalue weighted by atomic mass is 9.97. The fraction of sp³-hybridized carbons (Fsp3) is 0.667. The standard InChI is InChI=1S/C6H8ClIN2O2/c7-3-1-5(9)6(10(11)12)2-4(3)8/h5-6H,1-2,9H2/t5-,6?/m0/s1. The third-order valence-electron chi connectivity index (χ3n) is 1.86. The maximum Gasteiger partial charge on any atom is 0.232 e. The van der Waals surface area contributed by atoms with Crippen molar-refractivity contribution in [2.24, 2.45) is 5.73 Å². The minimum Gasteiger partial charge on any atom is -0.322 e. The van der Waals surface area contributed by atoms with E-state index in [1.807, 2.05) is 22.6 Å². The van der Waals surface area contributed by atoms with Gasteiger partial charge in [-0.2, -0.15) is 0 Å². The van der Waals surface area contributed by atoms with Gasteiger partial charge in [0.05, 0.1) is 6.04 Å². The molecule has 0 heterocycles. The third-order valence-corrected chi connectivity index (χ3v) is 3.66. The highest BCUT2D eigenvalue weighted by atomic mass is 127. The lowest BCUT2D eigenvalue weighted by Gasteiger charge is -2.21. The van der Waals surface area contributed by atoms with Crippen molar-refractivity contribution in [2.75, 3.05) is 0 Å². The summed E-state index contributed by atoms with van der Waals surface area (Å²) in [5, 5.41) is 11.1. The Balaban J connectivity index is 2.79. The van der Waals surface area contributed by atoms with Crippen LogP contribution in [0.1, 0.15) is 12.8 Å². The Kier molecular flexibility index (Phi) is 3.30. The van der Waals surface area contributed by atoms with Crippen LogP contribution in [0.3, 0.4) is 0 Å². The normalized spacial score (nSPS) is 30.6. The van der Waals surface area contributed by atoms with E-state index in [2.05, 4.69) is 0 Å². The highest BCUT2D eigenvalue weighted by Gasteiger charge is 2.34. The number of nitrogens with two attached hydrogens (primary N) is 1. The summed E-state index contributed by atoms with van der Waals surface area (Å²) in [5.41, 5.74) is 5.57. The predicted molar refractivity (Wildman–Crippen MR) is 54.9 cm³/mol. The summed E-state index contributed by atoms with van der Waals surface area (Å²) in [7, 11) is 0. The lowest BCUT2D eigenvalue weighted by Crippen LogP contribution is -2.42. The minimum atomic E-state index is -0.667. The molecule has 1 rings (SSSR count). The first kappa shape index (κ1) is 10.2. The average Bonchev–Trinajstić information content (AvgIpc) is 1.96. The van der Waals surface area contributed by atoms with Crippen molar-refractivity contribution in [2.45, 2.75) is 24.9 Å². The quantitative estimate of drug-likeness (QED) is 0.455. The van der Waals surface area contributed by atoms with E-state index in [-0.39, 0.29) is 4.92 Å². The van der Waals surface area contributed by atoms with Gasteiger partial charge in [-0.25, -0.2) is 0 Å². The average molecular weight is 302 g/mol. The van der Waals surface area contributed by atoms with Crippen LogP contribution in [0.2, 0.25) is 0 Å². The molecule has 4 nitrogen and oxygen atoms in total. The van der Waals surface area contributed by atoms with Gasteiger partial charge in [-0.3, -0.25) is 10.1 Å². The first-order valence-electron chi connectivity index (χ1n) is 3.44. The molecule has 0 amide bonds. The summed E-state index contributed by atoms with van der Waals surface area (Å²) in [4.78, 5) is 10.1. The zero-order chi connectivity index (χ0) is 9.30. The molecule has 1 aliphatic rings. The molecule has 0 spiro atoms. The second-order valence-electron chi connectivity index (χ2n) is 2.73. The van der Waals surface area contributed by atoms with Crippen LogP contribution in [-0.4, -0.2) is 17.0 Å². The van der Waals surface area contributed by atoms with Gasteiger partial charge in [0, 0.05) is 26.4 Å². The van der Waals surface area contributed by atoms with Gasteiger partial charge in [0.1, 0.15) is 0 Å². The molecule has 68 valence electrons. The molecule has 12 heavy (non-hydrogen) atoms. The van der Waals surface area contributed by atoms with E-state index in [1.54, 1.807) is 0 Å².